The van der Waals surface area contributed by atoms with Crippen molar-refractivity contribution in [1.82, 2.24) is 10.2 Å². The topological polar surface area (TPSA) is 54.0 Å². The summed E-state index contributed by atoms with van der Waals surface area (Å²) in [6.45, 7) is 1.05. The minimum Gasteiger partial charge on any atom is -0.493 e. The van der Waals surface area contributed by atoms with Crippen LogP contribution in [0.25, 0.3) is 0 Å². The Morgan fingerprint density at radius 1 is 1.12 bits per heavy atom. The molecular formula is C25H32BrN3O3. The Kier molecular flexibility index (Phi) is 6.67. The molecule has 2 aromatic rings. The summed E-state index contributed by atoms with van der Waals surface area (Å²) in [6.07, 6.45) is 4.04. The van der Waals surface area contributed by atoms with Gasteiger partial charge in [-0.1, -0.05) is 22.0 Å². The molecule has 2 aliphatic rings. The number of nitrogens with zero attached hydrogens (tertiary/aromatic N) is 2. The number of likely N-dealkylation sites (tertiary alicyclic amines) is 1. The average Bonchev–Trinajstić information content (AvgIpc) is 3.15. The number of halogens is 1. The molecule has 32 heavy (non-hydrogen) atoms. The number of urea groups is 1. The zero-order chi connectivity index (χ0) is 22.9. The molecule has 0 spiro atoms. The second kappa shape index (κ2) is 9.32. The van der Waals surface area contributed by atoms with E-state index in [2.05, 4.69) is 45.3 Å². The van der Waals surface area contributed by atoms with E-state index in [1.165, 1.54) is 5.56 Å². The summed E-state index contributed by atoms with van der Waals surface area (Å²) in [5, 5.41) is 3.28. The number of benzene rings is 2. The van der Waals surface area contributed by atoms with Crippen LogP contribution in [0.5, 0.6) is 11.5 Å². The van der Waals surface area contributed by atoms with Gasteiger partial charge in [0, 0.05) is 34.7 Å². The van der Waals surface area contributed by atoms with Crippen LogP contribution < -0.4 is 19.7 Å². The fourth-order valence-electron chi connectivity index (χ4n) is 5.45. The molecule has 3 atom stereocenters. The molecule has 2 fully saturated rings. The number of carbonyl (C=O) groups is 1. The van der Waals surface area contributed by atoms with E-state index in [9.17, 15) is 4.79 Å². The SMILES string of the molecule is COc1ccc(C23CCC(NC(=O)N(C)c4ccc(Br)cc4)CC2N(C)CC3)cc1OC. The maximum atomic E-state index is 12.9. The van der Waals surface area contributed by atoms with Crippen molar-refractivity contribution in [2.24, 2.45) is 0 Å². The lowest BCUT2D eigenvalue weighted by molar-refractivity contribution is 0.155. The van der Waals surface area contributed by atoms with Gasteiger partial charge in [0.2, 0.25) is 0 Å². The molecule has 1 heterocycles. The summed E-state index contributed by atoms with van der Waals surface area (Å²) in [5.41, 5.74) is 2.26. The van der Waals surface area contributed by atoms with E-state index in [0.717, 1.165) is 53.9 Å². The van der Waals surface area contributed by atoms with Crippen LogP contribution in [0, 0.1) is 0 Å². The van der Waals surface area contributed by atoms with E-state index in [-0.39, 0.29) is 17.5 Å². The van der Waals surface area contributed by atoms with Gasteiger partial charge in [0.1, 0.15) is 0 Å². The van der Waals surface area contributed by atoms with Gasteiger partial charge < -0.3 is 19.7 Å². The third-order valence-electron chi connectivity index (χ3n) is 7.33. The summed E-state index contributed by atoms with van der Waals surface area (Å²) in [7, 11) is 7.37. The maximum Gasteiger partial charge on any atom is 0.321 e. The molecule has 0 aromatic heterocycles. The third kappa shape index (κ3) is 4.20. The molecule has 6 nitrogen and oxygen atoms in total. The van der Waals surface area contributed by atoms with Crippen molar-refractivity contribution >= 4 is 27.6 Å². The number of ether oxygens (including phenoxy) is 2. The van der Waals surface area contributed by atoms with Crippen LogP contribution in [0.2, 0.25) is 0 Å². The zero-order valence-corrected chi connectivity index (χ0v) is 20.8. The maximum absolute atomic E-state index is 12.9. The fourth-order valence-corrected chi connectivity index (χ4v) is 5.71. The van der Waals surface area contributed by atoms with Crippen LogP contribution >= 0.6 is 15.9 Å². The van der Waals surface area contributed by atoms with Gasteiger partial charge in [-0.2, -0.15) is 0 Å². The molecule has 3 unspecified atom stereocenters. The number of carbonyl (C=O) groups excluding carboxylic acids is 1. The Morgan fingerprint density at radius 2 is 1.84 bits per heavy atom. The van der Waals surface area contributed by atoms with Crippen molar-refractivity contribution in [3.05, 3.63) is 52.5 Å². The summed E-state index contributed by atoms with van der Waals surface area (Å²) in [4.78, 5) is 17.1. The number of amides is 2. The number of rotatable bonds is 5. The first-order valence-corrected chi connectivity index (χ1v) is 11.9. The van der Waals surface area contributed by atoms with Crippen LogP contribution in [-0.4, -0.2) is 57.9 Å². The summed E-state index contributed by atoms with van der Waals surface area (Å²) < 4.78 is 12.0. The number of methoxy groups -OCH3 is 2. The van der Waals surface area contributed by atoms with Gasteiger partial charge in [0.15, 0.2) is 11.5 Å². The van der Waals surface area contributed by atoms with E-state index >= 15 is 0 Å². The molecule has 0 radical (unpaired) electrons. The monoisotopic (exact) mass is 501 g/mol. The molecule has 0 bridgehead atoms. The van der Waals surface area contributed by atoms with Crippen LogP contribution in [0.1, 0.15) is 31.2 Å². The molecule has 4 rings (SSSR count). The quantitative estimate of drug-likeness (QED) is 0.638. The highest BCUT2D eigenvalue weighted by molar-refractivity contribution is 9.10. The number of likely N-dealkylation sites (N-methyl/N-ethyl adjacent to an activating group) is 1. The van der Waals surface area contributed by atoms with E-state index in [1.54, 1.807) is 19.1 Å². The fraction of sp³-hybridized carbons (Fsp3) is 0.480. The zero-order valence-electron chi connectivity index (χ0n) is 19.2. The van der Waals surface area contributed by atoms with E-state index in [4.69, 9.17) is 9.47 Å². The Bertz CT molecular complexity index is 967. The molecule has 1 aliphatic heterocycles. The Balaban J connectivity index is 1.50. The lowest BCUT2D eigenvalue weighted by Gasteiger charge is -2.45. The van der Waals surface area contributed by atoms with Crippen molar-refractivity contribution in [2.75, 3.05) is 39.8 Å². The summed E-state index contributed by atoms with van der Waals surface area (Å²) in [6, 6.07) is 14.6. The molecule has 172 valence electrons. The predicted octanol–water partition coefficient (Wildman–Crippen LogP) is 4.81. The first-order chi connectivity index (χ1) is 15.4. The lowest BCUT2D eigenvalue weighted by atomic mass is 9.65. The standard InChI is InChI=1S/C25H32BrN3O3/c1-28-14-13-25(17-5-10-21(31-3)22(15-17)32-4)12-11-19(16-23(25)28)27-24(30)29(2)20-8-6-18(26)7-9-20/h5-10,15,19,23H,11-14,16H2,1-4H3,(H,27,30). The van der Waals surface area contributed by atoms with Gasteiger partial charge in [0.05, 0.1) is 14.2 Å². The number of hydrogen-bond acceptors (Lipinski definition) is 4. The smallest absolute Gasteiger partial charge is 0.321 e. The van der Waals surface area contributed by atoms with Crippen LogP contribution in [0.4, 0.5) is 10.5 Å². The van der Waals surface area contributed by atoms with Crippen molar-refractivity contribution in [3.63, 3.8) is 0 Å². The molecule has 2 amide bonds. The predicted molar refractivity (Wildman–Crippen MR) is 131 cm³/mol. The van der Waals surface area contributed by atoms with Gasteiger partial charge >= 0.3 is 6.03 Å². The first kappa shape index (κ1) is 22.9. The van der Waals surface area contributed by atoms with Crippen molar-refractivity contribution in [2.45, 2.75) is 43.2 Å². The van der Waals surface area contributed by atoms with Gasteiger partial charge in [-0.15, -0.1) is 0 Å². The molecule has 7 heteroatoms. The molecule has 1 aliphatic carbocycles. The van der Waals surface area contributed by atoms with Crippen molar-refractivity contribution in [3.8, 4) is 11.5 Å². The van der Waals surface area contributed by atoms with Crippen LogP contribution in [0.15, 0.2) is 46.9 Å². The number of nitrogens with one attached hydrogen (secondary N) is 1. The van der Waals surface area contributed by atoms with E-state index < -0.39 is 0 Å². The number of anilines is 1. The summed E-state index contributed by atoms with van der Waals surface area (Å²) in [5.74, 6) is 1.53. The lowest BCUT2D eigenvalue weighted by Crippen LogP contribution is -2.53. The molecule has 2 aromatic carbocycles. The molecule has 1 saturated heterocycles. The number of hydrogen-bond donors (Lipinski definition) is 1. The number of fused-ring (bicyclic) bond motifs is 1. The Morgan fingerprint density at radius 3 is 2.53 bits per heavy atom. The highest BCUT2D eigenvalue weighted by Gasteiger charge is 2.50. The second-order valence-corrected chi connectivity index (χ2v) is 9.84. The minimum absolute atomic E-state index is 0.0587. The highest BCUT2D eigenvalue weighted by Crippen LogP contribution is 2.49. The first-order valence-electron chi connectivity index (χ1n) is 11.1. The minimum atomic E-state index is -0.0587. The van der Waals surface area contributed by atoms with Crippen molar-refractivity contribution < 1.29 is 14.3 Å². The molecular weight excluding hydrogens is 470 g/mol. The summed E-state index contributed by atoms with van der Waals surface area (Å²) >= 11 is 3.45. The van der Waals surface area contributed by atoms with Gasteiger partial charge in [-0.25, -0.2) is 4.79 Å². The van der Waals surface area contributed by atoms with Gasteiger partial charge in [-0.3, -0.25) is 4.90 Å². The molecule has 1 N–H and O–H groups in total. The van der Waals surface area contributed by atoms with Crippen molar-refractivity contribution in [1.29, 1.82) is 0 Å². The Hall–Kier alpha value is -2.25. The Labute approximate surface area is 199 Å². The average molecular weight is 502 g/mol. The molecule has 1 saturated carbocycles. The van der Waals surface area contributed by atoms with Crippen LogP contribution in [0.3, 0.4) is 0 Å². The van der Waals surface area contributed by atoms with Crippen LogP contribution in [-0.2, 0) is 5.41 Å². The highest BCUT2D eigenvalue weighted by atomic mass is 79.9. The largest absolute Gasteiger partial charge is 0.493 e. The normalized spacial score (nSPS) is 25.2. The van der Waals surface area contributed by atoms with Gasteiger partial charge in [-0.05, 0) is 81.2 Å². The van der Waals surface area contributed by atoms with E-state index in [0.29, 0.717) is 6.04 Å². The second-order valence-electron chi connectivity index (χ2n) is 8.93. The van der Waals surface area contributed by atoms with E-state index in [1.807, 2.05) is 37.4 Å². The van der Waals surface area contributed by atoms with Gasteiger partial charge in [0.25, 0.3) is 0 Å². The third-order valence-corrected chi connectivity index (χ3v) is 7.86.